The lowest BCUT2D eigenvalue weighted by Gasteiger charge is -2.11. The van der Waals surface area contributed by atoms with Gasteiger partial charge in [0.2, 0.25) is 10.0 Å². The second-order valence-electron chi connectivity index (χ2n) is 4.19. The van der Waals surface area contributed by atoms with Crippen LogP contribution in [0, 0.1) is 0 Å². The molecule has 0 aromatic rings. The van der Waals surface area contributed by atoms with Gasteiger partial charge in [-0.15, -0.1) is 0 Å². The van der Waals surface area contributed by atoms with E-state index in [1.54, 1.807) is 6.92 Å². The SMILES string of the molecule is CCCCCN=C(NCC)NCCNS(=O)(=O)CC. The van der Waals surface area contributed by atoms with Crippen molar-refractivity contribution < 1.29 is 8.42 Å². The topological polar surface area (TPSA) is 82.6 Å². The van der Waals surface area contributed by atoms with Crippen molar-refractivity contribution in [3.63, 3.8) is 0 Å². The maximum Gasteiger partial charge on any atom is 0.211 e. The normalized spacial score (nSPS) is 12.5. The number of guanidine groups is 1. The number of nitrogens with one attached hydrogen (secondary N) is 3. The zero-order chi connectivity index (χ0) is 14.6. The van der Waals surface area contributed by atoms with E-state index < -0.39 is 10.0 Å². The van der Waals surface area contributed by atoms with E-state index in [1.165, 1.54) is 12.8 Å². The Morgan fingerprint density at radius 2 is 1.79 bits per heavy atom. The minimum Gasteiger partial charge on any atom is -0.357 e. The molecule has 0 saturated heterocycles. The van der Waals surface area contributed by atoms with Gasteiger partial charge in [0.05, 0.1) is 5.75 Å². The lowest BCUT2D eigenvalue weighted by atomic mass is 10.2. The summed E-state index contributed by atoms with van der Waals surface area (Å²) < 4.78 is 25.0. The zero-order valence-electron chi connectivity index (χ0n) is 12.3. The highest BCUT2D eigenvalue weighted by molar-refractivity contribution is 7.89. The quantitative estimate of drug-likeness (QED) is 0.314. The van der Waals surface area contributed by atoms with E-state index in [1.807, 2.05) is 6.92 Å². The predicted molar refractivity (Wildman–Crippen MR) is 81.0 cm³/mol. The van der Waals surface area contributed by atoms with Crippen LogP contribution in [0.5, 0.6) is 0 Å². The van der Waals surface area contributed by atoms with E-state index in [-0.39, 0.29) is 5.75 Å². The molecule has 114 valence electrons. The van der Waals surface area contributed by atoms with Crippen molar-refractivity contribution in [1.82, 2.24) is 15.4 Å². The van der Waals surface area contributed by atoms with Gasteiger partial charge in [-0.1, -0.05) is 19.8 Å². The van der Waals surface area contributed by atoms with Gasteiger partial charge in [-0.2, -0.15) is 0 Å². The third-order valence-corrected chi connectivity index (χ3v) is 3.90. The van der Waals surface area contributed by atoms with E-state index in [9.17, 15) is 8.42 Å². The molecule has 0 aliphatic carbocycles. The standard InChI is InChI=1S/C12H28N4O2S/c1-4-7-8-9-14-12(13-5-2)15-10-11-16-19(17,18)6-3/h16H,4-11H2,1-3H3,(H2,13,14,15). The van der Waals surface area contributed by atoms with Crippen LogP contribution in [0.1, 0.15) is 40.0 Å². The van der Waals surface area contributed by atoms with Gasteiger partial charge in [-0.3, -0.25) is 4.99 Å². The van der Waals surface area contributed by atoms with Crippen LogP contribution >= 0.6 is 0 Å². The van der Waals surface area contributed by atoms with Gasteiger partial charge >= 0.3 is 0 Å². The molecule has 7 heteroatoms. The fourth-order valence-electron chi connectivity index (χ4n) is 1.38. The number of unbranched alkanes of at least 4 members (excludes halogenated alkanes) is 2. The molecule has 3 N–H and O–H groups in total. The first-order valence-corrected chi connectivity index (χ1v) is 8.70. The summed E-state index contributed by atoms with van der Waals surface area (Å²) in [6, 6.07) is 0. The van der Waals surface area contributed by atoms with Crippen molar-refractivity contribution in [3.05, 3.63) is 0 Å². The minimum absolute atomic E-state index is 0.109. The van der Waals surface area contributed by atoms with Crippen molar-refractivity contribution in [1.29, 1.82) is 0 Å². The first-order chi connectivity index (χ1) is 9.05. The molecule has 0 aliphatic rings. The van der Waals surface area contributed by atoms with Gasteiger partial charge < -0.3 is 10.6 Å². The van der Waals surface area contributed by atoms with Crippen LogP contribution in [0.25, 0.3) is 0 Å². The van der Waals surface area contributed by atoms with Gasteiger partial charge in [0.15, 0.2) is 5.96 Å². The molecule has 0 bridgehead atoms. The van der Waals surface area contributed by atoms with Crippen LogP contribution < -0.4 is 15.4 Å². The van der Waals surface area contributed by atoms with Crippen LogP contribution in [0.3, 0.4) is 0 Å². The maximum atomic E-state index is 11.2. The van der Waals surface area contributed by atoms with Gasteiger partial charge in [0.25, 0.3) is 0 Å². The molecule has 0 fully saturated rings. The highest BCUT2D eigenvalue weighted by Gasteiger charge is 2.04. The van der Waals surface area contributed by atoms with Gasteiger partial charge in [0, 0.05) is 26.2 Å². The molecule has 0 spiro atoms. The van der Waals surface area contributed by atoms with E-state index >= 15 is 0 Å². The number of aliphatic imine (C=N–C) groups is 1. The van der Waals surface area contributed by atoms with Crippen molar-refractivity contribution in [2.45, 2.75) is 40.0 Å². The second kappa shape index (κ2) is 11.0. The third-order valence-electron chi connectivity index (χ3n) is 2.50. The number of hydrogen-bond acceptors (Lipinski definition) is 3. The number of nitrogens with zero attached hydrogens (tertiary/aromatic N) is 1. The molecular weight excluding hydrogens is 264 g/mol. The molecule has 0 atom stereocenters. The minimum atomic E-state index is -3.10. The van der Waals surface area contributed by atoms with Gasteiger partial charge in [-0.05, 0) is 20.3 Å². The molecular formula is C12H28N4O2S. The van der Waals surface area contributed by atoms with Crippen molar-refractivity contribution in [2.24, 2.45) is 4.99 Å². The molecule has 0 radical (unpaired) electrons. The van der Waals surface area contributed by atoms with E-state index in [2.05, 4.69) is 27.3 Å². The van der Waals surface area contributed by atoms with Crippen LogP contribution in [0.4, 0.5) is 0 Å². The van der Waals surface area contributed by atoms with Crippen LogP contribution in [-0.2, 0) is 10.0 Å². The largest absolute Gasteiger partial charge is 0.357 e. The Hall–Kier alpha value is -0.820. The molecule has 0 aromatic carbocycles. The Balaban J connectivity index is 3.94. The molecule has 0 aliphatic heterocycles. The van der Waals surface area contributed by atoms with Crippen LogP contribution in [-0.4, -0.2) is 46.3 Å². The predicted octanol–water partition coefficient (Wildman–Crippen LogP) is 0.671. The monoisotopic (exact) mass is 292 g/mol. The third kappa shape index (κ3) is 10.8. The number of rotatable bonds is 10. The summed E-state index contributed by atoms with van der Waals surface area (Å²) in [5, 5.41) is 6.24. The molecule has 0 amide bonds. The summed E-state index contributed by atoms with van der Waals surface area (Å²) in [7, 11) is -3.10. The van der Waals surface area contributed by atoms with Crippen molar-refractivity contribution >= 4 is 16.0 Å². The van der Waals surface area contributed by atoms with E-state index in [4.69, 9.17) is 0 Å². The molecule has 0 saturated carbocycles. The summed E-state index contributed by atoms with van der Waals surface area (Å²) in [4.78, 5) is 4.42. The van der Waals surface area contributed by atoms with E-state index in [0.717, 1.165) is 25.5 Å². The summed E-state index contributed by atoms with van der Waals surface area (Å²) >= 11 is 0. The maximum absolute atomic E-state index is 11.2. The van der Waals surface area contributed by atoms with Crippen molar-refractivity contribution in [3.8, 4) is 0 Å². The molecule has 0 aromatic heterocycles. The first kappa shape index (κ1) is 18.2. The molecule has 6 nitrogen and oxygen atoms in total. The first-order valence-electron chi connectivity index (χ1n) is 7.05. The lowest BCUT2D eigenvalue weighted by molar-refractivity contribution is 0.581. The van der Waals surface area contributed by atoms with Crippen LogP contribution in [0.15, 0.2) is 4.99 Å². The number of sulfonamides is 1. The fourth-order valence-corrected chi connectivity index (χ4v) is 2.00. The van der Waals surface area contributed by atoms with E-state index in [0.29, 0.717) is 13.1 Å². The molecule has 0 unspecified atom stereocenters. The average Bonchev–Trinajstić information content (AvgIpc) is 2.39. The number of hydrogen-bond donors (Lipinski definition) is 3. The highest BCUT2D eigenvalue weighted by Crippen LogP contribution is 1.93. The summed E-state index contributed by atoms with van der Waals surface area (Å²) in [5.41, 5.74) is 0. The molecule has 0 heterocycles. The highest BCUT2D eigenvalue weighted by atomic mass is 32.2. The van der Waals surface area contributed by atoms with Crippen molar-refractivity contribution in [2.75, 3.05) is 31.9 Å². The van der Waals surface area contributed by atoms with Gasteiger partial charge in [-0.25, -0.2) is 13.1 Å². The smallest absolute Gasteiger partial charge is 0.211 e. The van der Waals surface area contributed by atoms with Crippen LogP contribution in [0.2, 0.25) is 0 Å². The Morgan fingerprint density at radius 3 is 2.37 bits per heavy atom. The lowest BCUT2D eigenvalue weighted by Crippen LogP contribution is -2.41. The summed E-state index contributed by atoms with van der Waals surface area (Å²) in [6.07, 6.45) is 3.44. The average molecular weight is 292 g/mol. The Kier molecular flexibility index (Phi) is 10.6. The molecule has 19 heavy (non-hydrogen) atoms. The Bertz CT molecular complexity index is 342. The summed E-state index contributed by atoms with van der Waals surface area (Å²) in [6.45, 7) is 8.27. The zero-order valence-corrected chi connectivity index (χ0v) is 13.1. The Morgan fingerprint density at radius 1 is 1.05 bits per heavy atom. The second-order valence-corrected chi connectivity index (χ2v) is 6.29. The summed E-state index contributed by atoms with van der Waals surface area (Å²) in [5.74, 6) is 0.854. The Labute approximate surface area is 117 Å². The fraction of sp³-hybridized carbons (Fsp3) is 0.917. The molecule has 0 rings (SSSR count). The van der Waals surface area contributed by atoms with Gasteiger partial charge in [0.1, 0.15) is 0 Å².